The lowest BCUT2D eigenvalue weighted by atomic mass is 9.95. The van der Waals surface area contributed by atoms with E-state index in [2.05, 4.69) is 20.9 Å². The lowest BCUT2D eigenvalue weighted by Crippen LogP contribution is -2.32. The minimum absolute atomic E-state index is 0.229. The number of benzene rings is 1. The lowest BCUT2D eigenvalue weighted by Gasteiger charge is -2.31. The van der Waals surface area contributed by atoms with Crippen molar-refractivity contribution in [3.8, 4) is 0 Å². The summed E-state index contributed by atoms with van der Waals surface area (Å²) in [5, 5.41) is 0. The second-order valence-corrected chi connectivity index (χ2v) is 6.45. The number of hydrogen-bond donors (Lipinski definition) is 0. The van der Waals surface area contributed by atoms with E-state index in [1.54, 1.807) is 12.1 Å². The van der Waals surface area contributed by atoms with Crippen molar-refractivity contribution >= 4 is 33.7 Å². The molecule has 0 radical (unpaired) electrons. The smallest absolute Gasteiger partial charge is 0.357 e. The van der Waals surface area contributed by atoms with Gasteiger partial charge in [-0.15, -0.1) is 0 Å². The highest BCUT2D eigenvalue weighted by Crippen LogP contribution is 2.28. The summed E-state index contributed by atoms with van der Waals surface area (Å²) in [7, 11) is 2.70. The number of ether oxygens (including phenoxy) is 2. The molecule has 0 unspecified atom stereocenters. The van der Waals surface area contributed by atoms with Crippen LogP contribution in [0.25, 0.3) is 0 Å². The van der Waals surface area contributed by atoms with Crippen LogP contribution < -0.4 is 4.90 Å². The zero-order chi connectivity index (χ0) is 18.0. The molecule has 3 rings (SSSR count). The van der Waals surface area contributed by atoms with Gasteiger partial charge in [0.05, 0.1) is 24.3 Å². The Morgan fingerprint density at radius 3 is 2.60 bits per heavy atom. The minimum atomic E-state index is -0.499. The fourth-order valence-corrected chi connectivity index (χ4v) is 3.31. The van der Waals surface area contributed by atoms with E-state index in [9.17, 15) is 9.59 Å². The maximum atomic E-state index is 12.0. The van der Waals surface area contributed by atoms with Crippen LogP contribution in [0.1, 0.15) is 32.0 Å². The van der Waals surface area contributed by atoms with Gasteiger partial charge in [0.1, 0.15) is 5.82 Å². The van der Waals surface area contributed by atoms with Crippen molar-refractivity contribution < 1.29 is 19.1 Å². The Morgan fingerprint density at radius 2 is 1.88 bits per heavy atom. The molecule has 0 amide bonds. The summed E-state index contributed by atoms with van der Waals surface area (Å²) in [6.07, 6.45) is 0.783. The average molecular weight is 405 g/mol. The number of fused-ring (bicyclic) bond motifs is 1. The van der Waals surface area contributed by atoms with Crippen LogP contribution in [0.2, 0.25) is 0 Å². The molecular formula is C18H17BrN2O4. The number of methoxy groups -OCH3 is 2. The van der Waals surface area contributed by atoms with Gasteiger partial charge in [-0.1, -0.05) is 12.1 Å². The summed E-state index contributed by atoms with van der Waals surface area (Å²) < 4.78 is 10.2. The SMILES string of the molecule is COC(=O)c1cccc2c1CN(c1ccc(Br)c(C(=O)OC)n1)CC2. The van der Waals surface area contributed by atoms with Crippen molar-refractivity contribution in [2.45, 2.75) is 13.0 Å². The first-order chi connectivity index (χ1) is 12.0. The Kier molecular flexibility index (Phi) is 5.03. The van der Waals surface area contributed by atoms with E-state index >= 15 is 0 Å². The standard InChI is InChI=1S/C18H17BrN2O4/c1-24-17(22)12-5-3-4-11-8-9-21(10-13(11)12)15-7-6-14(19)16(20-15)18(23)25-2/h3-7H,8-10H2,1-2H3. The third-order valence-corrected chi connectivity index (χ3v) is 4.85. The van der Waals surface area contributed by atoms with Crippen molar-refractivity contribution in [2.75, 3.05) is 25.7 Å². The normalized spacial score (nSPS) is 13.2. The number of rotatable bonds is 3. The van der Waals surface area contributed by atoms with E-state index in [-0.39, 0.29) is 11.7 Å². The van der Waals surface area contributed by atoms with Crippen LogP contribution in [-0.2, 0) is 22.4 Å². The summed E-state index contributed by atoms with van der Waals surface area (Å²) in [5.74, 6) is -0.187. The molecule has 25 heavy (non-hydrogen) atoms. The van der Waals surface area contributed by atoms with E-state index in [1.165, 1.54) is 14.2 Å². The topological polar surface area (TPSA) is 68.7 Å². The van der Waals surface area contributed by atoms with Gasteiger partial charge < -0.3 is 14.4 Å². The van der Waals surface area contributed by atoms with Gasteiger partial charge in [-0.05, 0) is 51.7 Å². The highest BCUT2D eigenvalue weighted by molar-refractivity contribution is 9.10. The molecule has 1 aliphatic rings. The van der Waals surface area contributed by atoms with Gasteiger partial charge in [0.2, 0.25) is 0 Å². The highest BCUT2D eigenvalue weighted by Gasteiger charge is 2.24. The van der Waals surface area contributed by atoms with Gasteiger partial charge >= 0.3 is 11.9 Å². The number of halogens is 1. The number of carbonyl (C=O) groups is 2. The van der Waals surface area contributed by atoms with Crippen molar-refractivity contribution in [3.63, 3.8) is 0 Å². The van der Waals surface area contributed by atoms with Crippen molar-refractivity contribution in [3.05, 3.63) is 57.2 Å². The molecule has 0 saturated carbocycles. The van der Waals surface area contributed by atoms with E-state index in [0.717, 1.165) is 24.1 Å². The van der Waals surface area contributed by atoms with Crippen molar-refractivity contribution in [1.82, 2.24) is 4.98 Å². The number of esters is 2. The summed E-state index contributed by atoms with van der Waals surface area (Å²) in [6.45, 7) is 1.27. The number of anilines is 1. The molecule has 0 bridgehead atoms. The Balaban J connectivity index is 1.95. The van der Waals surface area contributed by atoms with Gasteiger partial charge in [0.25, 0.3) is 0 Å². The summed E-state index contributed by atoms with van der Waals surface area (Å²) in [5.41, 5.74) is 2.86. The molecule has 0 saturated heterocycles. The van der Waals surface area contributed by atoms with E-state index < -0.39 is 5.97 Å². The van der Waals surface area contributed by atoms with Gasteiger partial charge in [-0.3, -0.25) is 0 Å². The average Bonchev–Trinajstić information content (AvgIpc) is 2.66. The van der Waals surface area contributed by atoms with Crippen LogP contribution in [0.3, 0.4) is 0 Å². The Labute approximate surface area is 153 Å². The maximum Gasteiger partial charge on any atom is 0.357 e. The zero-order valence-electron chi connectivity index (χ0n) is 13.9. The highest BCUT2D eigenvalue weighted by atomic mass is 79.9. The molecule has 0 spiro atoms. The molecular weight excluding hydrogens is 388 g/mol. The second kappa shape index (κ2) is 7.23. The first-order valence-electron chi connectivity index (χ1n) is 7.74. The Hall–Kier alpha value is -2.41. The van der Waals surface area contributed by atoms with Crippen molar-refractivity contribution in [2.24, 2.45) is 0 Å². The Bertz CT molecular complexity index is 838. The van der Waals surface area contributed by atoms with Gasteiger partial charge in [0, 0.05) is 13.1 Å². The third kappa shape index (κ3) is 3.37. The summed E-state index contributed by atoms with van der Waals surface area (Å²) in [4.78, 5) is 30.3. The number of aromatic nitrogens is 1. The fourth-order valence-electron chi connectivity index (χ4n) is 2.93. The molecule has 0 aliphatic carbocycles. The quantitative estimate of drug-likeness (QED) is 0.732. The van der Waals surface area contributed by atoms with E-state index in [4.69, 9.17) is 9.47 Å². The molecule has 0 atom stereocenters. The summed E-state index contributed by atoms with van der Waals surface area (Å²) >= 11 is 3.32. The third-order valence-electron chi connectivity index (χ3n) is 4.21. The Morgan fingerprint density at radius 1 is 1.12 bits per heavy atom. The second-order valence-electron chi connectivity index (χ2n) is 5.60. The van der Waals surface area contributed by atoms with Crippen LogP contribution in [-0.4, -0.2) is 37.7 Å². The number of hydrogen-bond acceptors (Lipinski definition) is 6. The molecule has 6 nitrogen and oxygen atoms in total. The zero-order valence-corrected chi connectivity index (χ0v) is 15.5. The van der Waals surface area contributed by atoms with Crippen LogP contribution in [0, 0.1) is 0 Å². The van der Waals surface area contributed by atoms with Crippen LogP contribution >= 0.6 is 15.9 Å². The molecule has 130 valence electrons. The molecule has 0 N–H and O–H groups in total. The van der Waals surface area contributed by atoms with Gasteiger partial charge in [-0.2, -0.15) is 0 Å². The first-order valence-corrected chi connectivity index (χ1v) is 8.53. The molecule has 1 aromatic heterocycles. The molecule has 1 aromatic carbocycles. The van der Waals surface area contributed by atoms with Crippen LogP contribution in [0.5, 0.6) is 0 Å². The van der Waals surface area contributed by atoms with Gasteiger partial charge in [-0.25, -0.2) is 14.6 Å². The largest absolute Gasteiger partial charge is 0.465 e. The van der Waals surface area contributed by atoms with Crippen molar-refractivity contribution in [1.29, 1.82) is 0 Å². The first kappa shape index (κ1) is 17.4. The number of nitrogens with zero attached hydrogens (tertiary/aromatic N) is 2. The molecule has 0 fully saturated rings. The molecule has 2 heterocycles. The fraction of sp³-hybridized carbons (Fsp3) is 0.278. The molecule has 2 aromatic rings. The minimum Gasteiger partial charge on any atom is -0.465 e. The predicted octanol–water partition coefficient (Wildman–Crippen LogP) is 2.98. The molecule has 7 heteroatoms. The van der Waals surface area contributed by atoms with Gasteiger partial charge in [0.15, 0.2) is 5.69 Å². The van der Waals surface area contributed by atoms with Crippen LogP contribution in [0.4, 0.5) is 5.82 Å². The molecule has 1 aliphatic heterocycles. The monoisotopic (exact) mass is 404 g/mol. The lowest BCUT2D eigenvalue weighted by molar-refractivity contribution is 0.0587. The predicted molar refractivity (Wildman–Crippen MR) is 95.8 cm³/mol. The number of carbonyl (C=O) groups excluding carboxylic acids is 2. The van der Waals surface area contributed by atoms with E-state index in [0.29, 0.717) is 22.4 Å². The van der Waals surface area contributed by atoms with E-state index in [1.807, 2.05) is 23.1 Å². The van der Waals surface area contributed by atoms with Crippen LogP contribution in [0.15, 0.2) is 34.8 Å². The summed E-state index contributed by atoms with van der Waals surface area (Å²) in [6, 6.07) is 9.27. The maximum absolute atomic E-state index is 12.0. The number of pyridine rings is 1.